The zero-order valence-electron chi connectivity index (χ0n) is 9.64. The van der Waals surface area contributed by atoms with E-state index >= 15 is 0 Å². The number of ether oxygens (including phenoxy) is 1. The molecule has 6 nitrogen and oxygen atoms in total. The molecule has 0 bridgehead atoms. The minimum atomic E-state index is -0.822. The molecule has 0 fully saturated rings. The minimum absolute atomic E-state index is 0.0244. The Kier molecular flexibility index (Phi) is 4.42. The van der Waals surface area contributed by atoms with Gasteiger partial charge in [-0.2, -0.15) is 0 Å². The van der Waals surface area contributed by atoms with E-state index in [9.17, 15) is 4.79 Å². The third-order valence-corrected chi connectivity index (χ3v) is 2.23. The van der Waals surface area contributed by atoms with Gasteiger partial charge in [0.05, 0.1) is 0 Å². The van der Waals surface area contributed by atoms with Gasteiger partial charge in [0.15, 0.2) is 0 Å². The Bertz CT molecular complexity index is 350. The molecule has 2 unspecified atom stereocenters. The monoisotopic (exact) mass is 228 g/mol. The summed E-state index contributed by atoms with van der Waals surface area (Å²) in [5, 5.41) is 16.3. The standard InChI is InChI=1S/C10H16N2O4/c1-6(5-9(13)14)4-8-11-12-10(16-8)7(2)15-3/h6-7H,4-5H2,1-3H3,(H,13,14). The molecular formula is C10H16N2O4. The summed E-state index contributed by atoms with van der Waals surface area (Å²) in [5.41, 5.74) is 0. The van der Waals surface area contributed by atoms with Gasteiger partial charge in [0, 0.05) is 20.0 Å². The Balaban J connectivity index is 2.54. The molecule has 0 aliphatic heterocycles. The third-order valence-electron chi connectivity index (χ3n) is 2.23. The lowest BCUT2D eigenvalue weighted by Gasteiger charge is -2.04. The summed E-state index contributed by atoms with van der Waals surface area (Å²) in [6.45, 7) is 3.63. The molecule has 1 N–H and O–H groups in total. The van der Waals surface area contributed by atoms with Crippen molar-refractivity contribution < 1.29 is 19.1 Å². The fraction of sp³-hybridized carbons (Fsp3) is 0.700. The van der Waals surface area contributed by atoms with Gasteiger partial charge in [0.2, 0.25) is 11.8 Å². The van der Waals surface area contributed by atoms with Gasteiger partial charge in [-0.25, -0.2) is 0 Å². The SMILES string of the molecule is COC(C)c1nnc(CC(C)CC(=O)O)o1. The van der Waals surface area contributed by atoms with Crippen molar-refractivity contribution in [3.8, 4) is 0 Å². The molecular weight excluding hydrogens is 212 g/mol. The maximum absolute atomic E-state index is 10.5. The quantitative estimate of drug-likeness (QED) is 0.792. The Morgan fingerprint density at radius 1 is 1.50 bits per heavy atom. The van der Waals surface area contributed by atoms with Gasteiger partial charge in [0.25, 0.3) is 0 Å². The largest absolute Gasteiger partial charge is 0.481 e. The van der Waals surface area contributed by atoms with Crippen LogP contribution in [0.5, 0.6) is 0 Å². The second-order valence-corrected chi connectivity index (χ2v) is 3.82. The summed E-state index contributed by atoms with van der Waals surface area (Å²) in [6, 6.07) is 0. The molecule has 2 atom stereocenters. The highest BCUT2D eigenvalue weighted by Gasteiger charge is 2.16. The molecule has 16 heavy (non-hydrogen) atoms. The van der Waals surface area contributed by atoms with E-state index in [4.69, 9.17) is 14.3 Å². The predicted octanol–water partition coefficient (Wildman–Crippen LogP) is 1.43. The number of methoxy groups -OCH3 is 1. The van der Waals surface area contributed by atoms with Gasteiger partial charge in [-0.05, 0) is 12.8 Å². The summed E-state index contributed by atoms with van der Waals surface area (Å²) in [5.74, 6) is 0.0221. The minimum Gasteiger partial charge on any atom is -0.481 e. The number of hydrogen-bond donors (Lipinski definition) is 1. The molecule has 0 amide bonds. The maximum atomic E-state index is 10.5. The second kappa shape index (κ2) is 5.60. The predicted molar refractivity (Wildman–Crippen MR) is 54.8 cm³/mol. The Morgan fingerprint density at radius 2 is 2.19 bits per heavy atom. The Morgan fingerprint density at radius 3 is 2.75 bits per heavy atom. The molecule has 1 rings (SSSR count). The number of carboxylic acid groups (broad SMARTS) is 1. The van der Waals surface area contributed by atoms with Crippen LogP contribution >= 0.6 is 0 Å². The lowest BCUT2D eigenvalue weighted by Crippen LogP contribution is -2.07. The third kappa shape index (κ3) is 3.62. The molecule has 1 heterocycles. The summed E-state index contributed by atoms with van der Waals surface area (Å²) in [4.78, 5) is 10.5. The number of hydrogen-bond acceptors (Lipinski definition) is 5. The summed E-state index contributed by atoms with van der Waals surface area (Å²) >= 11 is 0. The van der Waals surface area contributed by atoms with Gasteiger partial charge in [-0.15, -0.1) is 10.2 Å². The van der Waals surface area contributed by atoms with Gasteiger partial charge < -0.3 is 14.3 Å². The summed E-state index contributed by atoms with van der Waals surface area (Å²) in [7, 11) is 1.56. The van der Waals surface area contributed by atoms with E-state index in [0.29, 0.717) is 18.2 Å². The van der Waals surface area contributed by atoms with Gasteiger partial charge in [-0.3, -0.25) is 4.79 Å². The Labute approximate surface area is 93.6 Å². The van der Waals surface area contributed by atoms with Crippen LogP contribution in [-0.4, -0.2) is 28.4 Å². The van der Waals surface area contributed by atoms with Crippen molar-refractivity contribution >= 4 is 5.97 Å². The molecule has 0 aromatic carbocycles. The first-order valence-electron chi connectivity index (χ1n) is 5.09. The first kappa shape index (κ1) is 12.6. The van der Waals surface area contributed by atoms with Crippen LogP contribution in [0.1, 0.15) is 38.2 Å². The van der Waals surface area contributed by atoms with Crippen LogP contribution in [0.4, 0.5) is 0 Å². The van der Waals surface area contributed by atoms with Crippen molar-refractivity contribution in [3.05, 3.63) is 11.8 Å². The van der Waals surface area contributed by atoms with Crippen LogP contribution < -0.4 is 0 Å². The van der Waals surface area contributed by atoms with Crippen molar-refractivity contribution in [2.75, 3.05) is 7.11 Å². The van der Waals surface area contributed by atoms with Gasteiger partial charge in [-0.1, -0.05) is 6.92 Å². The van der Waals surface area contributed by atoms with Crippen LogP contribution in [-0.2, 0) is 16.0 Å². The fourth-order valence-corrected chi connectivity index (χ4v) is 1.28. The average molecular weight is 228 g/mol. The van der Waals surface area contributed by atoms with Crippen molar-refractivity contribution in [3.63, 3.8) is 0 Å². The highest BCUT2D eigenvalue weighted by atomic mass is 16.5. The topological polar surface area (TPSA) is 85.5 Å². The van der Waals surface area contributed by atoms with E-state index in [-0.39, 0.29) is 18.4 Å². The van der Waals surface area contributed by atoms with Crippen molar-refractivity contribution in [1.29, 1.82) is 0 Å². The number of aliphatic carboxylic acids is 1. The highest BCUT2D eigenvalue weighted by molar-refractivity contribution is 5.66. The molecule has 0 radical (unpaired) electrons. The molecule has 0 aliphatic rings. The smallest absolute Gasteiger partial charge is 0.303 e. The van der Waals surface area contributed by atoms with Gasteiger partial charge in [0.1, 0.15) is 6.10 Å². The molecule has 90 valence electrons. The van der Waals surface area contributed by atoms with E-state index < -0.39 is 5.97 Å². The van der Waals surface area contributed by atoms with Crippen LogP contribution in [0, 0.1) is 5.92 Å². The molecule has 0 saturated heterocycles. The van der Waals surface area contributed by atoms with Gasteiger partial charge >= 0.3 is 5.97 Å². The Hall–Kier alpha value is -1.43. The first-order valence-corrected chi connectivity index (χ1v) is 5.09. The van der Waals surface area contributed by atoms with Crippen LogP contribution in [0.25, 0.3) is 0 Å². The number of nitrogens with zero attached hydrogens (tertiary/aromatic N) is 2. The highest BCUT2D eigenvalue weighted by Crippen LogP contribution is 2.16. The number of aromatic nitrogens is 2. The first-order chi connectivity index (χ1) is 7.52. The zero-order chi connectivity index (χ0) is 12.1. The number of rotatable bonds is 6. The number of carboxylic acids is 1. The average Bonchev–Trinajstić information content (AvgIpc) is 2.63. The fourth-order valence-electron chi connectivity index (χ4n) is 1.28. The molecule has 0 aliphatic carbocycles. The van der Waals surface area contributed by atoms with Crippen LogP contribution in [0.15, 0.2) is 4.42 Å². The zero-order valence-corrected chi connectivity index (χ0v) is 9.64. The molecule has 6 heteroatoms. The lowest BCUT2D eigenvalue weighted by molar-refractivity contribution is -0.137. The van der Waals surface area contributed by atoms with Crippen LogP contribution in [0.3, 0.4) is 0 Å². The van der Waals surface area contributed by atoms with E-state index in [2.05, 4.69) is 10.2 Å². The van der Waals surface area contributed by atoms with E-state index in [1.165, 1.54) is 0 Å². The lowest BCUT2D eigenvalue weighted by atomic mass is 10.0. The molecule has 0 saturated carbocycles. The van der Waals surface area contributed by atoms with E-state index in [1.807, 2.05) is 6.92 Å². The summed E-state index contributed by atoms with van der Waals surface area (Å²) < 4.78 is 10.4. The second-order valence-electron chi connectivity index (χ2n) is 3.82. The number of carbonyl (C=O) groups is 1. The van der Waals surface area contributed by atoms with Crippen molar-refractivity contribution in [1.82, 2.24) is 10.2 Å². The van der Waals surface area contributed by atoms with E-state index in [0.717, 1.165) is 0 Å². The maximum Gasteiger partial charge on any atom is 0.303 e. The normalized spacial score (nSPS) is 14.7. The van der Waals surface area contributed by atoms with E-state index in [1.54, 1.807) is 14.0 Å². The molecule has 1 aromatic heterocycles. The summed E-state index contributed by atoms with van der Waals surface area (Å²) in [6.07, 6.45) is 0.323. The van der Waals surface area contributed by atoms with Crippen molar-refractivity contribution in [2.45, 2.75) is 32.8 Å². The van der Waals surface area contributed by atoms with Crippen LogP contribution in [0.2, 0.25) is 0 Å². The molecule has 0 spiro atoms. The molecule has 1 aromatic rings. The van der Waals surface area contributed by atoms with Crippen molar-refractivity contribution in [2.24, 2.45) is 5.92 Å².